The first-order valence-corrected chi connectivity index (χ1v) is 10.1. The van der Waals surface area contributed by atoms with E-state index in [0.29, 0.717) is 23.6 Å². The summed E-state index contributed by atoms with van der Waals surface area (Å²) in [5.74, 6) is 0.724. The third-order valence-electron chi connectivity index (χ3n) is 5.04. The molecule has 0 saturated heterocycles. The second-order valence-corrected chi connectivity index (χ2v) is 7.00. The van der Waals surface area contributed by atoms with Gasteiger partial charge in [0.2, 0.25) is 0 Å². The molecule has 2 amide bonds. The number of quaternary nitrogens is 1. The largest absolute Gasteiger partial charge is 0.467 e. The fourth-order valence-corrected chi connectivity index (χ4v) is 3.68. The van der Waals surface area contributed by atoms with E-state index in [0.717, 1.165) is 11.3 Å². The van der Waals surface area contributed by atoms with Crippen molar-refractivity contribution in [3.05, 3.63) is 95.5 Å². The van der Waals surface area contributed by atoms with Crippen LogP contribution in [0.15, 0.2) is 87.2 Å². The summed E-state index contributed by atoms with van der Waals surface area (Å²) in [5.41, 5.74) is 1.83. The topological polar surface area (TPSA) is 110 Å². The van der Waals surface area contributed by atoms with Gasteiger partial charge < -0.3 is 29.5 Å². The van der Waals surface area contributed by atoms with Crippen LogP contribution in [-0.4, -0.2) is 25.2 Å². The van der Waals surface area contributed by atoms with E-state index in [1.807, 2.05) is 47.8 Å². The van der Waals surface area contributed by atoms with Crippen molar-refractivity contribution in [1.29, 1.82) is 0 Å². The maximum Gasteiger partial charge on any atom is 0.338 e. The Bertz CT molecular complexity index is 1040. The van der Waals surface area contributed by atoms with E-state index in [9.17, 15) is 9.59 Å². The number of rotatable bonds is 8. The summed E-state index contributed by atoms with van der Waals surface area (Å²) in [5, 5.41) is 7.53. The third kappa shape index (κ3) is 4.54. The van der Waals surface area contributed by atoms with Crippen LogP contribution in [-0.2, 0) is 9.53 Å². The number of benzene rings is 1. The molecule has 2 atom stereocenters. The first kappa shape index (κ1) is 20.5. The Hall–Kier alpha value is -3.78. The number of urea groups is 1. The van der Waals surface area contributed by atoms with Gasteiger partial charge in [-0.15, -0.1) is 0 Å². The minimum Gasteiger partial charge on any atom is -0.467 e. The zero-order valence-electron chi connectivity index (χ0n) is 17.0. The van der Waals surface area contributed by atoms with E-state index in [1.165, 1.54) is 6.26 Å². The van der Waals surface area contributed by atoms with Gasteiger partial charge in [-0.05, 0) is 31.2 Å². The Morgan fingerprint density at radius 2 is 1.87 bits per heavy atom. The number of hydrogen-bond donors (Lipinski definition) is 3. The summed E-state index contributed by atoms with van der Waals surface area (Å²) in [7, 11) is 0. The molecule has 1 aliphatic rings. The van der Waals surface area contributed by atoms with Crippen LogP contribution in [0.5, 0.6) is 0 Å². The summed E-state index contributed by atoms with van der Waals surface area (Å²) in [6, 6.07) is 15.8. The van der Waals surface area contributed by atoms with Crippen molar-refractivity contribution in [3.8, 4) is 0 Å². The standard InChI is InChI=1S/C23H23N3O5/c1-2-29-22(27)19-16(25-23(28)26-21(19)18-11-7-13-31-18)14-24-20(17-10-6-12-30-17)15-8-4-3-5-9-15/h3-13,20-21,24H,2,14H2,1H3,(H2,25,26,28)/p+1/t20-,21-/m1/s1. The Morgan fingerprint density at radius 1 is 1.10 bits per heavy atom. The predicted molar refractivity (Wildman–Crippen MR) is 111 cm³/mol. The van der Waals surface area contributed by atoms with Crippen LogP contribution >= 0.6 is 0 Å². The lowest BCUT2D eigenvalue weighted by Gasteiger charge is -2.27. The fourth-order valence-electron chi connectivity index (χ4n) is 3.68. The maximum atomic E-state index is 12.8. The molecule has 8 nitrogen and oxygen atoms in total. The molecule has 3 aromatic rings. The quantitative estimate of drug-likeness (QED) is 0.483. The monoisotopic (exact) mass is 422 g/mol. The molecule has 31 heavy (non-hydrogen) atoms. The minimum absolute atomic E-state index is 0.152. The van der Waals surface area contributed by atoms with E-state index in [1.54, 1.807) is 25.3 Å². The molecule has 1 aliphatic heterocycles. The van der Waals surface area contributed by atoms with E-state index < -0.39 is 18.0 Å². The highest BCUT2D eigenvalue weighted by Crippen LogP contribution is 2.28. The number of esters is 1. The van der Waals surface area contributed by atoms with Gasteiger partial charge in [0.15, 0.2) is 11.8 Å². The highest BCUT2D eigenvalue weighted by Gasteiger charge is 2.36. The lowest BCUT2D eigenvalue weighted by Crippen LogP contribution is -2.86. The zero-order chi connectivity index (χ0) is 21.6. The average Bonchev–Trinajstić information content (AvgIpc) is 3.49. The summed E-state index contributed by atoms with van der Waals surface area (Å²) < 4.78 is 16.4. The smallest absolute Gasteiger partial charge is 0.338 e. The lowest BCUT2D eigenvalue weighted by atomic mass is 9.99. The van der Waals surface area contributed by atoms with Crippen molar-refractivity contribution in [2.75, 3.05) is 13.2 Å². The number of hydrogen-bond acceptors (Lipinski definition) is 5. The van der Waals surface area contributed by atoms with Crippen molar-refractivity contribution < 1.29 is 28.5 Å². The number of furan rings is 2. The van der Waals surface area contributed by atoms with E-state index in [2.05, 4.69) is 10.6 Å². The van der Waals surface area contributed by atoms with Gasteiger partial charge in [-0.3, -0.25) is 0 Å². The number of carbonyl (C=O) groups excluding carboxylic acids is 2. The number of nitrogens with two attached hydrogens (primary N) is 1. The molecule has 0 aliphatic carbocycles. The SMILES string of the molecule is CCOC(=O)C1=C(C[NH2+][C@H](c2ccccc2)c2ccco2)NC(=O)N[C@@H]1c1ccco1. The number of nitrogens with one attached hydrogen (secondary N) is 2. The lowest BCUT2D eigenvalue weighted by molar-refractivity contribution is -0.682. The van der Waals surface area contributed by atoms with Crippen LogP contribution in [0, 0.1) is 0 Å². The molecule has 4 N–H and O–H groups in total. The molecule has 0 saturated carbocycles. The molecular weight excluding hydrogens is 398 g/mol. The van der Waals surface area contributed by atoms with Gasteiger partial charge in [0, 0.05) is 5.56 Å². The van der Waals surface area contributed by atoms with Crippen LogP contribution < -0.4 is 16.0 Å². The summed E-state index contributed by atoms with van der Waals surface area (Å²) >= 11 is 0. The predicted octanol–water partition coefficient (Wildman–Crippen LogP) is 2.40. The van der Waals surface area contributed by atoms with E-state index in [-0.39, 0.29) is 12.6 Å². The Kier molecular flexibility index (Phi) is 6.18. The Morgan fingerprint density at radius 3 is 2.55 bits per heavy atom. The molecule has 3 heterocycles. The number of ether oxygens (including phenoxy) is 1. The average molecular weight is 422 g/mol. The zero-order valence-corrected chi connectivity index (χ0v) is 17.0. The van der Waals surface area contributed by atoms with Crippen LogP contribution in [0.3, 0.4) is 0 Å². The van der Waals surface area contributed by atoms with Gasteiger partial charge in [-0.2, -0.15) is 0 Å². The molecular formula is C23H24N3O5+. The molecule has 0 bridgehead atoms. The van der Waals surface area contributed by atoms with Gasteiger partial charge in [0.05, 0.1) is 30.4 Å². The minimum atomic E-state index is -0.731. The fraction of sp³-hybridized carbons (Fsp3) is 0.217. The first-order chi connectivity index (χ1) is 15.2. The van der Waals surface area contributed by atoms with E-state index >= 15 is 0 Å². The molecule has 160 valence electrons. The summed E-state index contributed by atoms with van der Waals surface area (Å²) in [4.78, 5) is 25.2. The van der Waals surface area contributed by atoms with Crippen LogP contribution in [0.1, 0.15) is 36.1 Å². The van der Waals surface area contributed by atoms with Crippen molar-refractivity contribution >= 4 is 12.0 Å². The van der Waals surface area contributed by atoms with Crippen molar-refractivity contribution in [1.82, 2.24) is 10.6 Å². The van der Waals surface area contributed by atoms with Gasteiger partial charge in [-0.1, -0.05) is 30.3 Å². The second kappa shape index (κ2) is 9.36. The van der Waals surface area contributed by atoms with Gasteiger partial charge in [-0.25, -0.2) is 9.59 Å². The summed E-state index contributed by atoms with van der Waals surface area (Å²) in [6.45, 7) is 2.28. The van der Waals surface area contributed by atoms with Crippen molar-refractivity contribution in [2.45, 2.75) is 19.0 Å². The molecule has 2 aromatic heterocycles. The summed E-state index contributed by atoms with van der Waals surface area (Å²) in [6.07, 6.45) is 3.13. The van der Waals surface area contributed by atoms with Gasteiger partial charge in [0.1, 0.15) is 18.3 Å². The highest BCUT2D eigenvalue weighted by molar-refractivity contribution is 5.95. The Labute approximate surface area is 179 Å². The first-order valence-electron chi connectivity index (χ1n) is 10.1. The van der Waals surface area contributed by atoms with Crippen LogP contribution in [0.4, 0.5) is 4.79 Å². The second-order valence-electron chi connectivity index (χ2n) is 7.00. The Balaban J connectivity index is 1.67. The molecule has 0 fully saturated rings. The molecule has 1 aromatic carbocycles. The van der Waals surface area contributed by atoms with Crippen molar-refractivity contribution in [3.63, 3.8) is 0 Å². The van der Waals surface area contributed by atoms with Gasteiger partial charge >= 0.3 is 12.0 Å². The molecule has 4 rings (SSSR count). The van der Waals surface area contributed by atoms with E-state index in [4.69, 9.17) is 13.6 Å². The molecule has 0 unspecified atom stereocenters. The van der Waals surface area contributed by atoms with Gasteiger partial charge in [0.25, 0.3) is 0 Å². The third-order valence-corrected chi connectivity index (χ3v) is 5.04. The molecule has 0 radical (unpaired) electrons. The van der Waals surface area contributed by atoms with Crippen LogP contribution in [0.2, 0.25) is 0 Å². The number of carbonyl (C=O) groups is 2. The normalized spacial score (nSPS) is 17.1. The number of amides is 2. The molecule has 0 spiro atoms. The highest BCUT2D eigenvalue weighted by atomic mass is 16.5. The molecule has 8 heteroatoms. The van der Waals surface area contributed by atoms with Crippen molar-refractivity contribution in [2.24, 2.45) is 0 Å². The maximum absolute atomic E-state index is 12.8. The van der Waals surface area contributed by atoms with Crippen LogP contribution in [0.25, 0.3) is 0 Å².